The van der Waals surface area contributed by atoms with Crippen LogP contribution in [0.25, 0.3) is 0 Å². The highest BCUT2D eigenvalue weighted by molar-refractivity contribution is 5.96. The van der Waals surface area contributed by atoms with Gasteiger partial charge in [0.1, 0.15) is 6.04 Å². The highest BCUT2D eigenvalue weighted by Crippen LogP contribution is 2.09. The molecule has 2 atom stereocenters. The zero-order valence-corrected chi connectivity index (χ0v) is 10.0. The van der Waals surface area contributed by atoms with Crippen molar-refractivity contribution in [1.29, 1.82) is 0 Å². The van der Waals surface area contributed by atoms with Crippen molar-refractivity contribution in [3.63, 3.8) is 0 Å². The Morgan fingerprint density at radius 2 is 1.88 bits per heavy atom. The Morgan fingerprint density at radius 3 is 2.35 bits per heavy atom. The lowest BCUT2D eigenvalue weighted by Crippen LogP contribution is -2.44. The second-order valence-electron chi connectivity index (χ2n) is 4.04. The zero-order valence-electron chi connectivity index (χ0n) is 10.0. The van der Waals surface area contributed by atoms with Gasteiger partial charge in [-0.2, -0.15) is 0 Å². The summed E-state index contributed by atoms with van der Waals surface area (Å²) in [5, 5.41) is 11.6. The molecule has 1 aromatic rings. The fourth-order valence-electron chi connectivity index (χ4n) is 1.50. The Balaban J connectivity index is 2.75. The SMILES string of the molecule is CC[C@H](C)[C@@H](NC(=O)c1ccccc1)C(=O)O. The van der Waals surface area contributed by atoms with Crippen LogP contribution < -0.4 is 5.32 Å². The van der Waals surface area contributed by atoms with Crippen molar-refractivity contribution < 1.29 is 14.7 Å². The number of nitrogens with one attached hydrogen (secondary N) is 1. The topological polar surface area (TPSA) is 66.4 Å². The summed E-state index contributed by atoms with van der Waals surface area (Å²) in [6, 6.07) is 7.77. The quantitative estimate of drug-likeness (QED) is 0.819. The van der Waals surface area contributed by atoms with E-state index in [-0.39, 0.29) is 11.8 Å². The number of carbonyl (C=O) groups is 2. The minimum atomic E-state index is -0.997. The van der Waals surface area contributed by atoms with Gasteiger partial charge in [-0.15, -0.1) is 0 Å². The number of hydrogen-bond donors (Lipinski definition) is 2. The van der Waals surface area contributed by atoms with Gasteiger partial charge in [-0.1, -0.05) is 38.5 Å². The molecule has 0 aliphatic heterocycles. The molecule has 92 valence electrons. The van der Waals surface area contributed by atoms with Gasteiger partial charge in [-0.05, 0) is 18.1 Å². The summed E-state index contributed by atoms with van der Waals surface area (Å²) >= 11 is 0. The van der Waals surface area contributed by atoms with E-state index in [0.717, 1.165) is 0 Å². The van der Waals surface area contributed by atoms with Gasteiger partial charge in [0.2, 0.25) is 0 Å². The van der Waals surface area contributed by atoms with Crippen LogP contribution in [0.1, 0.15) is 30.6 Å². The first-order chi connectivity index (χ1) is 8.06. The van der Waals surface area contributed by atoms with E-state index in [4.69, 9.17) is 5.11 Å². The van der Waals surface area contributed by atoms with Gasteiger partial charge >= 0.3 is 5.97 Å². The predicted octanol–water partition coefficient (Wildman–Crippen LogP) is 1.92. The second kappa shape index (κ2) is 6.03. The molecule has 0 aromatic heterocycles. The van der Waals surface area contributed by atoms with Crippen LogP contribution in [0.4, 0.5) is 0 Å². The Bertz CT molecular complexity index is 389. The smallest absolute Gasteiger partial charge is 0.326 e. The van der Waals surface area contributed by atoms with Gasteiger partial charge in [0.25, 0.3) is 5.91 Å². The summed E-state index contributed by atoms with van der Waals surface area (Å²) in [4.78, 5) is 22.9. The minimum Gasteiger partial charge on any atom is -0.480 e. The number of amides is 1. The Kier molecular flexibility index (Phi) is 4.69. The average molecular weight is 235 g/mol. The Hall–Kier alpha value is -1.84. The van der Waals surface area contributed by atoms with E-state index in [1.165, 1.54) is 0 Å². The first-order valence-electron chi connectivity index (χ1n) is 5.65. The number of carboxylic acids is 1. The fraction of sp³-hybridized carbons (Fsp3) is 0.385. The molecule has 17 heavy (non-hydrogen) atoms. The molecule has 0 aliphatic rings. The molecule has 0 fully saturated rings. The van der Waals surface area contributed by atoms with Crippen LogP contribution in [0.3, 0.4) is 0 Å². The number of carboxylic acid groups (broad SMARTS) is 1. The summed E-state index contributed by atoms with van der Waals surface area (Å²) in [7, 11) is 0. The highest BCUT2D eigenvalue weighted by atomic mass is 16.4. The summed E-state index contributed by atoms with van der Waals surface area (Å²) in [6.45, 7) is 3.71. The molecule has 1 aromatic carbocycles. The first kappa shape index (κ1) is 13.2. The molecule has 0 spiro atoms. The normalized spacial score (nSPS) is 13.8. The maximum atomic E-state index is 11.8. The first-order valence-corrected chi connectivity index (χ1v) is 5.65. The largest absolute Gasteiger partial charge is 0.480 e. The molecule has 2 N–H and O–H groups in total. The van der Waals surface area contributed by atoms with Crippen LogP contribution in [-0.4, -0.2) is 23.0 Å². The van der Waals surface area contributed by atoms with E-state index in [1.54, 1.807) is 30.3 Å². The van der Waals surface area contributed by atoms with Gasteiger partial charge < -0.3 is 10.4 Å². The number of benzene rings is 1. The van der Waals surface area contributed by atoms with E-state index < -0.39 is 12.0 Å². The lowest BCUT2D eigenvalue weighted by molar-refractivity contribution is -0.140. The van der Waals surface area contributed by atoms with Gasteiger partial charge in [0.15, 0.2) is 0 Å². The van der Waals surface area contributed by atoms with Crippen LogP contribution in [0, 0.1) is 5.92 Å². The fourth-order valence-corrected chi connectivity index (χ4v) is 1.50. The van der Waals surface area contributed by atoms with Crippen LogP contribution in [0.15, 0.2) is 30.3 Å². The van der Waals surface area contributed by atoms with Gasteiger partial charge in [0, 0.05) is 5.56 Å². The molecular weight excluding hydrogens is 218 g/mol. The molecule has 0 heterocycles. The summed E-state index contributed by atoms with van der Waals surface area (Å²) in [6.07, 6.45) is 0.700. The molecule has 1 amide bonds. The molecule has 0 unspecified atom stereocenters. The molecule has 0 radical (unpaired) electrons. The van der Waals surface area contributed by atoms with Gasteiger partial charge in [-0.3, -0.25) is 4.79 Å². The number of rotatable bonds is 5. The van der Waals surface area contributed by atoms with Crippen molar-refractivity contribution in [3.05, 3.63) is 35.9 Å². The summed E-state index contributed by atoms with van der Waals surface area (Å²) < 4.78 is 0. The zero-order chi connectivity index (χ0) is 12.8. The third-order valence-corrected chi connectivity index (χ3v) is 2.80. The third-order valence-electron chi connectivity index (χ3n) is 2.80. The number of hydrogen-bond acceptors (Lipinski definition) is 2. The van der Waals surface area contributed by atoms with Gasteiger partial charge in [0.05, 0.1) is 0 Å². The lowest BCUT2D eigenvalue weighted by Gasteiger charge is -2.20. The molecule has 1 rings (SSSR count). The second-order valence-corrected chi connectivity index (χ2v) is 4.04. The standard InChI is InChI=1S/C13H17NO3/c1-3-9(2)11(13(16)17)14-12(15)10-7-5-4-6-8-10/h4-9,11H,3H2,1-2H3,(H,14,15)(H,16,17)/t9-,11+/m0/s1. The van der Waals surface area contributed by atoms with E-state index in [2.05, 4.69) is 5.32 Å². The maximum absolute atomic E-state index is 11.8. The maximum Gasteiger partial charge on any atom is 0.326 e. The monoisotopic (exact) mass is 235 g/mol. The van der Waals surface area contributed by atoms with E-state index >= 15 is 0 Å². The van der Waals surface area contributed by atoms with E-state index in [9.17, 15) is 9.59 Å². The van der Waals surface area contributed by atoms with Crippen molar-refractivity contribution in [3.8, 4) is 0 Å². The molecule has 4 nitrogen and oxygen atoms in total. The predicted molar refractivity (Wildman–Crippen MR) is 64.8 cm³/mol. The van der Waals surface area contributed by atoms with Crippen molar-refractivity contribution in [2.45, 2.75) is 26.3 Å². The highest BCUT2D eigenvalue weighted by Gasteiger charge is 2.25. The summed E-state index contributed by atoms with van der Waals surface area (Å²) in [5.41, 5.74) is 0.474. The van der Waals surface area contributed by atoms with Crippen LogP contribution in [0.5, 0.6) is 0 Å². The molecular formula is C13H17NO3. The molecule has 4 heteroatoms. The number of carbonyl (C=O) groups excluding carboxylic acids is 1. The molecule has 0 saturated heterocycles. The van der Waals surface area contributed by atoms with E-state index in [1.807, 2.05) is 13.8 Å². The van der Waals surface area contributed by atoms with Crippen molar-refractivity contribution >= 4 is 11.9 Å². The molecule has 0 bridgehead atoms. The third kappa shape index (κ3) is 3.59. The average Bonchev–Trinajstić information content (AvgIpc) is 2.35. The van der Waals surface area contributed by atoms with Crippen LogP contribution >= 0.6 is 0 Å². The Morgan fingerprint density at radius 1 is 1.29 bits per heavy atom. The lowest BCUT2D eigenvalue weighted by atomic mass is 9.99. The van der Waals surface area contributed by atoms with Crippen molar-refractivity contribution in [1.82, 2.24) is 5.32 Å². The van der Waals surface area contributed by atoms with E-state index in [0.29, 0.717) is 12.0 Å². The summed E-state index contributed by atoms with van der Waals surface area (Å²) in [5.74, 6) is -1.44. The number of aliphatic carboxylic acids is 1. The Labute approximate surface area is 101 Å². The van der Waals surface area contributed by atoms with Crippen molar-refractivity contribution in [2.24, 2.45) is 5.92 Å². The molecule has 0 aliphatic carbocycles. The van der Waals surface area contributed by atoms with Gasteiger partial charge in [-0.25, -0.2) is 4.79 Å². The molecule has 0 saturated carbocycles. The van der Waals surface area contributed by atoms with Crippen molar-refractivity contribution in [2.75, 3.05) is 0 Å². The van der Waals surface area contributed by atoms with Crippen LogP contribution in [-0.2, 0) is 4.79 Å². The minimum absolute atomic E-state index is 0.0971. The van der Waals surface area contributed by atoms with Crippen LogP contribution in [0.2, 0.25) is 0 Å².